The normalized spacial score (nSPS) is 18.8. The van der Waals surface area contributed by atoms with Crippen molar-refractivity contribution in [1.82, 2.24) is 14.5 Å². The van der Waals surface area contributed by atoms with Gasteiger partial charge in [0, 0.05) is 39.0 Å². The lowest BCUT2D eigenvalue weighted by molar-refractivity contribution is -0.389. The van der Waals surface area contributed by atoms with Crippen molar-refractivity contribution in [1.29, 1.82) is 0 Å². The number of nitrogens with two attached hydrogens (primary N) is 1. The first-order chi connectivity index (χ1) is 10.0. The van der Waals surface area contributed by atoms with Crippen molar-refractivity contribution >= 4 is 11.7 Å². The van der Waals surface area contributed by atoms with E-state index < -0.39 is 4.92 Å². The van der Waals surface area contributed by atoms with Crippen LogP contribution in [0.4, 0.5) is 5.82 Å². The fraction of sp³-hybridized carbons (Fsp3) is 0.692. The van der Waals surface area contributed by atoms with E-state index in [2.05, 4.69) is 4.98 Å². The molecule has 0 saturated carbocycles. The predicted octanol–water partition coefficient (Wildman–Crippen LogP) is 0.830. The number of carbonyl (C=O) groups is 1. The van der Waals surface area contributed by atoms with Crippen LogP contribution in [0.3, 0.4) is 0 Å². The first-order valence-corrected chi connectivity index (χ1v) is 7.20. The van der Waals surface area contributed by atoms with E-state index in [4.69, 9.17) is 5.73 Å². The number of likely N-dealkylation sites (tertiary alicyclic amines) is 1. The Morgan fingerprint density at radius 2 is 2.33 bits per heavy atom. The van der Waals surface area contributed by atoms with Gasteiger partial charge in [-0.05, 0) is 29.2 Å². The third kappa shape index (κ3) is 3.57. The highest BCUT2D eigenvalue weighted by Crippen LogP contribution is 2.18. The summed E-state index contributed by atoms with van der Waals surface area (Å²) in [5.74, 6) is 0.419. The van der Waals surface area contributed by atoms with Gasteiger partial charge in [-0.3, -0.25) is 4.79 Å². The van der Waals surface area contributed by atoms with Crippen LogP contribution in [0.1, 0.15) is 31.5 Å². The molecule has 21 heavy (non-hydrogen) atoms. The Kier molecular flexibility index (Phi) is 4.89. The second-order valence-electron chi connectivity index (χ2n) is 5.32. The summed E-state index contributed by atoms with van der Waals surface area (Å²) in [7, 11) is 0. The molecule has 116 valence electrons. The standard InChI is InChI=1S/C13H21N5O3/c1-10-15-12(18(20)21)9-16(10)7-5-13(19)17-6-3-2-4-11(17)8-14/h9,11H,2-8,14H2,1H3. The molecule has 1 aromatic heterocycles. The van der Waals surface area contributed by atoms with Crippen LogP contribution in [0.5, 0.6) is 0 Å². The fourth-order valence-corrected chi connectivity index (χ4v) is 2.74. The summed E-state index contributed by atoms with van der Waals surface area (Å²) in [6, 6.07) is 0.129. The molecule has 1 saturated heterocycles. The monoisotopic (exact) mass is 295 g/mol. The highest BCUT2D eigenvalue weighted by Gasteiger charge is 2.25. The van der Waals surface area contributed by atoms with Gasteiger partial charge < -0.3 is 25.3 Å². The number of nitrogens with zero attached hydrogens (tertiary/aromatic N) is 4. The Labute approximate surface area is 123 Å². The van der Waals surface area contributed by atoms with Gasteiger partial charge in [-0.2, -0.15) is 0 Å². The van der Waals surface area contributed by atoms with Crippen molar-refractivity contribution in [3.8, 4) is 0 Å². The van der Waals surface area contributed by atoms with Gasteiger partial charge in [0.25, 0.3) is 0 Å². The lowest BCUT2D eigenvalue weighted by Gasteiger charge is -2.35. The van der Waals surface area contributed by atoms with E-state index in [0.717, 1.165) is 25.8 Å². The van der Waals surface area contributed by atoms with Crippen LogP contribution in [0.15, 0.2) is 6.20 Å². The van der Waals surface area contributed by atoms with Crippen LogP contribution in [0, 0.1) is 17.0 Å². The summed E-state index contributed by atoms with van der Waals surface area (Å²) in [6.07, 6.45) is 4.76. The number of rotatable bonds is 5. The van der Waals surface area contributed by atoms with Gasteiger partial charge in [0.05, 0.1) is 0 Å². The van der Waals surface area contributed by atoms with E-state index in [0.29, 0.717) is 25.3 Å². The summed E-state index contributed by atoms with van der Waals surface area (Å²) in [5.41, 5.74) is 5.72. The maximum Gasteiger partial charge on any atom is 0.381 e. The van der Waals surface area contributed by atoms with Crippen LogP contribution in [0.2, 0.25) is 0 Å². The Balaban J connectivity index is 1.95. The molecule has 1 atom stereocenters. The number of aryl methyl sites for hydroxylation is 2. The maximum absolute atomic E-state index is 12.3. The molecule has 1 amide bonds. The molecule has 1 fully saturated rings. The lowest BCUT2D eigenvalue weighted by atomic mass is 10.0. The molecule has 1 aliphatic heterocycles. The molecule has 0 radical (unpaired) electrons. The highest BCUT2D eigenvalue weighted by atomic mass is 16.6. The summed E-state index contributed by atoms with van der Waals surface area (Å²) in [4.78, 5) is 28.1. The number of nitro groups is 1. The second-order valence-corrected chi connectivity index (χ2v) is 5.32. The van der Waals surface area contributed by atoms with Crippen LogP contribution in [-0.2, 0) is 11.3 Å². The molecule has 8 heteroatoms. The zero-order valence-corrected chi connectivity index (χ0v) is 12.2. The summed E-state index contributed by atoms with van der Waals surface area (Å²) in [5, 5.41) is 10.7. The molecule has 0 aliphatic carbocycles. The SMILES string of the molecule is Cc1nc([N+](=O)[O-])cn1CCC(=O)N1CCCCC1CN. The minimum absolute atomic E-state index is 0.0564. The smallest absolute Gasteiger partial charge is 0.358 e. The van der Waals surface area contributed by atoms with E-state index >= 15 is 0 Å². The Hall–Kier alpha value is -1.96. The molecule has 1 aromatic rings. The number of carbonyl (C=O) groups excluding carboxylic acids is 1. The number of aromatic nitrogens is 2. The van der Waals surface area contributed by atoms with Crippen molar-refractivity contribution in [3.63, 3.8) is 0 Å². The third-order valence-corrected chi connectivity index (χ3v) is 3.94. The lowest BCUT2D eigenvalue weighted by Crippen LogP contribution is -2.47. The van der Waals surface area contributed by atoms with Crippen LogP contribution >= 0.6 is 0 Å². The van der Waals surface area contributed by atoms with Gasteiger partial charge in [-0.1, -0.05) is 0 Å². The molecule has 0 spiro atoms. The minimum Gasteiger partial charge on any atom is -0.358 e. The largest absolute Gasteiger partial charge is 0.381 e. The minimum atomic E-state index is -0.527. The molecule has 8 nitrogen and oxygen atoms in total. The predicted molar refractivity (Wildman–Crippen MR) is 76.6 cm³/mol. The average Bonchev–Trinajstić information content (AvgIpc) is 2.86. The number of hydrogen-bond donors (Lipinski definition) is 1. The molecule has 0 bridgehead atoms. The van der Waals surface area contributed by atoms with E-state index in [9.17, 15) is 14.9 Å². The fourth-order valence-electron chi connectivity index (χ4n) is 2.74. The average molecular weight is 295 g/mol. The molecule has 0 aromatic carbocycles. The van der Waals surface area contributed by atoms with Crippen molar-refractivity contribution < 1.29 is 9.72 Å². The Morgan fingerprint density at radius 1 is 1.57 bits per heavy atom. The van der Waals surface area contributed by atoms with Gasteiger partial charge >= 0.3 is 5.82 Å². The molecular weight excluding hydrogens is 274 g/mol. The molecule has 1 aliphatic rings. The topological polar surface area (TPSA) is 107 Å². The Bertz CT molecular complexity index is 528. The van der Waals surface area contributed by atoms with Crippen molar-refractivity contribution in [3.05, 3.63) is 22.1 Å². The van der Waals surface area contributed by atoms with Gasteiger partial charge in [-0.15, -0.1) is 0 Å². The molecule has 2 N–H and O–H groups in total. The van der Waals surface area contributed by atoms with Crippen LogP contribution in [-0.4, -0.2) is 44.4 Å². The van der Waals surface area contributed by atoms with Gasteiger partial charge in [0.2, 0.25) is 11.7 Å². The van der Waals surface area contributed by atoms with Crippen LogP contribution < -0.4 is 5.73 Å². The number of amides is 1. The van der Waals surface area contributed by atoms with E-state index in [1.165, 1.54) is 6.20 Å². The van der Waals surface area contributed by atoms with E-state index in [1.807, 2.05) is 4.90 Å². The summed E-state index contributed by atoms with van der Waals surface area (Å²) < 4.78 is 1.65. The second kappa shape index (κ2) is 6.66. The van der Waals surface area contributed by atoms with Crippen molar-refractivity contribution in [2.45, 2.75) is 45.2 Å². The van der Waals surface area contributed by atoms with Gasteiger partial charge in [0.1, 0.15) is 6.20 Å². The summed E-state index contributed by atoms with van der Waals surface area (Å²) in [6.45, 7) is 3.34. The number of hydrogen-bond acceptors (Lipinski definition) is 5. The molecule has 2 heterocycles. The van der Waals surface area contributed by atoms with Crippen molar-refractivity contribution in [2.75, 3.05) is 13.1 Å². The number of piperidine rings is 1. The zero-order chi connectivity index (χ0) is 15.4. The zero-order valence-electron chi connectivity index (χ0n) is 12.2. The van der Waals surface area contributed by atoms with Gasteiger partial charge in [-0.25, -0.2) is 0 Å². The Morgan fingerprint density at radius 3 is 2.95 bits per heavy atom. The van der Waals surface area contributed by atoms with E-state index in [1.54, 1.807) is 11.5 Å². The van der Waals surface area contributed by atoms with Crippen molar-refractivity contribution in [2.24, 2.45) is 5.73 Å². The first-order valence-electron chi connectivity index (χ1n) is 7.20. The number of imidazole rings is 1. The van der Waals surface area contributed by atoms with E-state index in [-0.39, 0.29) is 17.8 Å². The quantitative estimate of drug-likeness (QED) is 0.639. The summed E-state index contributed by atoms with van der Waals surface area (Å²) >= 11 is 0. The first kappa shape index (κ1) is 15.4. The molecule has 1 unspecified atom stereocenters. The third-order valence-electron chi connectivity index (χ3n) is 3.94. The maximum atomic E-state index is 12.3. The molecule has 2 rings (SSSR count). The molecular formula is C13H21N5O3. The highest BCUT2D eigenvalue weighted by molar-refractivity contribution is 5.76. The van der Waals surface area contributed by atoms with Gasteiger partial charge in [0.15, 0.2) is 0 Å². The van der Waals surface area contributed by atoms with Crippen LogP contribution in [0.25, 0.3) is 0 Å².